The Labute approximate surface area is 110 Å². The molecule has 0 saturated heterocycles. The number of hydrogen-bond donors (Lipinski definition) is 2. The first-order chi connectivity index (χ1) is 9.04. The zero-order valence-corrected chi connectivity index (χ0v) is 10.4. The number of rotatable bonds is 8. The van der Waals surface area contributed by atoms with Crippen LogP contribution in [-0.4, -0.2) is 53.7 Å². The Balaban J connectivity index is 2.79. The molecule has 0 saturated carbocycles. The van der Waals surface area contributed by atoms with Gasteiger partial charge in [0.2, 0.25) is 0 Å². The third-order valence-corrected chi connectivity index (χ3v) is 2.75. The largest absolute Gasteiger partial charge is 0.481 e. The van der Waals surface area contributed by atoms with E-state index < -0.39 is 24.9 Å². The maximum absolute atomic E-state index is 12.4. The third-order valence-electron chi connectivity index (χ3n) is 2.75. The van der Waals surface area contributed by atoms with Crippen LogP contribution in [-0.2, 0) is 4.79 Å². The van der Waals surface area contributed by atoms with Crippen molar-refractivity contribution in [1.82, 2.24) is 4.90 Å². The molecular weight excluding hydrogens is 256 g/mol. The second-order valence-corrected chi connectivity index (χ2v) is 4.18. The van der Waals surface area contributed by atoms with Crippen LogP contribution in [0.2, 0.25) is 0 Å². The number of carbonyl (C=O) groups is 1. The number of alkyl halides is 2. The van der Waals surface area contributed by atoms with Gasteiger partial charge in [-0.05, 0) is 5.56 Å². The minimum atomic E-state index is -2.56. The summed E-state index contributed by atoms with van der Waals surface area (Å²) in [6, 6.07) is 8.47. The molecule has 1 rings (SSSR count). The Morgan fingerprint density at radius 2 is 1.84 bits per heavy atom. The predicted octanol–water partition coefficient (Wildman–Crippen LogP) is 1.41. The van der Waals surface area contributed by atoms with Gasteiger partial charge in [0.25, 0.3) is 6.43 Å². The van der Waals surface area contributed by atoms with Crippen molar-refractivity contribution in [2.45, 2.75) is 12.3 Å². The molecule has 0 amide bonds. The van der Waals surface area contributed by atoms with E-state index in [1.807, 2.05) is 0 Å². The van der Waals surface area contributed by atoms with E-state index in [2.05, 4.69) is 0 Å². The topological polar surface area (TPSA) is 60.8 Å². The van der Waals surface area contributed by atoms with Crippen LogP contribution in [0.15, 0.2) is 30.3 Å². The van der Waals surface area contributed by atoms with Crippen molar-refractivity contribution in [3.63, 3.8) is 0 Å². The van der Waals surface area contributed by atoms with Crippen LogP contribution in [0.25, 0.3) is 0 Å². The van der Waals surface area contributed by atoms with Gasteiger partial charge < -0.3 is 10.2 Å². The molecule has 0 aliphatic carbocycles. The van der Waals surface area contributed by atoms with Gasteiger partial charge >= 0.3 is 5.97 Å². The fraction of sp³-hybridized carbons (Fsp3) is 0.462. The zero-order valence-electron chi connectivity index (χ0n) is 10.4. The number of carboxylic acids is 1. The smallest absolute Gasteiger partial charge is 0.312 e. The number of halogens is 2. The van der Waals surface area contributed by atoms with E-state index in [0.717, 1.165) is 0 Å². The van der Waals surface area contributed by atoms with Gasteiger partial charge in [-0.1, -0.05) is 30.3 Å². The molecule has 106 valence electrons. The molecule has 1 atom stereocenters. The molecule has 2 N–H and O–H groups in total. The highest BCUT2D eigenvalue weighted by Gasteiger charge is 2.24. The molecule has 6 heteroatoms. The second kappa shape index (κ2) is 7.81. The maximum Gasteiger partial charge on any atom is 0.312 e. The molecule has 1 unspecified atom stereocenters. The molecule has 0 fully saturated rings. The first-order valence-electron chi connectivity index (χ1n) is 5.93. The van der Waals surface area contributed by atoms with Crippen molar-refractivity contribution in [2.75, 3.05) is 26.2 Å². The van der Waals surface area contributed by atoms with E-state index in [-0.39, 0.29) is 19.7 Å². The quantitative estimate of drug-likeness (QED) is 0.752. The number of hydrogen-bond acceptors (Lipinski definition) is 3. The number of aliphatic hydroxyl groups is 1. The molecule has 0 aromatic heterocycles. The minimum Gasteiger partial charge on any atom is -0.481 e. The van der Waals surface area contributed by atoms with Crippen molar-refractivity contribution >= 4 is 5.97 Å². The average Bonchev–Trinajstić information content (AvgIpc) is 2.36. The molecule has 0 radical (unpaired) electrons. The molecule has 0 bridgehead atoms. The van der Waals surface area contributed by atoms with Crippen molar-refractivity contribution in [2.24, 2.45) is 0 Å². The Morgan fingerprint density at radius 3 is 2.32 bits per heavy atom. The SMILES string of the molecule is O=C(O)C(CN(CCO)CC(F)F)c1ccccc1. The number of aliphatic carboxylic acids is 1. The molecule has 1 aromatic rings. The fourth-order valence-electron chi connectivity index (χ4n) is 1.86. The van der Waals surface area contributed by atoms with Gasteiger partial charge in [-0.3, -0.25) is 9.69 Å². The van der Waals surface area contributed by atoms with Crippen LogP contribution in [0.4, 0.5) is 8.78 Å². The zero-order chi connectivity index (χ0) is 14.3. The van der Waals surface area contributed by atoms with E-state index >= 15 is 0 Å². The van der Waals surface area contributed by atoms with E-state index in [1.165, 1.54) is 4.90 Å². The summed E-state index contributed by atoms with van der Waals surface area (Å²) in [6.07, 6.45) is -2.56. The Bertz CT molecular complexity index is 387. The molecule has 1 aromatic carbocycles. The van der Waals surface area contributed by atoms with Gasteiger partial charge in [-0.25, -0.2) is 8.78 Å². The summed E-state index contributed by atoms with van der Waals surface area (Å²) in [7, 11) is 0. The van der Waals surface area contributed by atoms with Crippen LogP contribution in [0.1, 0.15) is 11.5 Å². The summed E-state index contributed by atoms with van der Waals surface area (Å²) in [4.78, 5) is 12.5. The van der Waals surface area contributed by atoms with Crippen LogP contribution in [0.3, 0.4) is 0 Å². The summed E-state index contributed by atoms with van der Waals surface area (Å²) >= 11 is 0. The summed E-state index contributed by atoms with van der Waals surface area (Å²) in [6.45, 7) is -0.851. The summed E-state index contributed by atoms with van der Waals surface area (Å²) in [5, 5.41) is 18.0. The lowest BCUT2D eigenvalue weighted by Crippen LogP contribution is -2.37. The lowest BCUT2D eigenvalue weighted by Gasteiger charge is -2.24. The van der Waals surface area contributed by atoms with E-state index in [4.69, 9.17) is 5.11 Å². The molecule has 19 heavy (non-hydrogen) atoms. The number of benzene rings is 1. The first-order valence-corrected chi connectivity index (χ1v) is 5.93. The molecule has 0 aliphatic heterocycles. The Hall–Kier alpha value is -1.53. The van der Waals surface area contributed by atoms with Crippen molar-refractivity contribution in [3.8, 4) is 0 Å². The van der Waals surface area contributed by atoms with Gasteiger partial charge in [0.15, 0.2) is 0 Å². The van der Waals surface area contributed by atoms with Gasteiger partial charge in [-0.2, -0.15) is 0 Å². The lowest BCUT2D eigenvalue weighted by atomic mass is 9.98. The van der Waals surface area contributed by atoms with Crippen LogP contribution >= 0.6 is 0 Å². The van der Waals surface area contributed by atoms with Gasteiger partial charge in [0.1, 0.15) is 0 Å². The summed E-state index contributed by atoms with van der Waals surface area (Å²) in [5.74, 6) is -1.95. The summed E-state index contributed by atoms with van der Waals surface area (Å²) in [5.41, 5.74) is 0.562. The first kappa shape index (κ1) is 15.5. The maximum atomic E-state index is 12.4. The van der Waals surface area contributed by atoms with E-state index in [1.54, 1.807) is 30.3 Å². The number of nitrogens with zero attached hydrogens (tertiary/aromatic N) is 1. The number of carboxylic acid groups (broad SMARTS) is 1. The minimum absolute atomic E-state index is 0.0287. The fourth-order valence-corrected chi connectivity index (χ4v) is 1.86. The van der Waals surface area contributed by atoms with Crippen molar-refractivity contribution < 1.29 is 23.8 Å². The van der Waals surface area contributed by atoms with Crippen LogP contribution in [0.5, 0.6) is 0 Å². The van der Waals surface area contributed by atoms with Gasteiger partial charge in [0.05, 0.1) is 19.1 Å². The number of aliphatic hydroxyl groups excluding tert-OH is 1. The second-order valence-electron chi connectivity index (χ2n) is 4.18. The van der Waals surface area contributed by atoms with Crippen LogP contribution in [0, 0.1) is 0 Å². The standard InChI is InChI=1S/C13H17F2NO3/c14-12(15)9-16(6-7-17)8-11(13(18)19)10-4-2-1-3-5-10/h1-5,11-12,17H,6-9H2,(H,18,19). The molecule has 0 aliphatic rings. The van der Waals surface area contributed by atoms with Crippen molar-refractivity contribution in [1.29, 1.82) is 0 Å². The highest BCUT2D eigenvalue weighted by molar-refractivity contribution is 5.76. The summed E-state index contributed by atoms with van der Waals surface area (Å²) < 4.78 is 24.8. The van der Waals surface area contributed by atoms with Gasteiger partial charge in [0, 0.05) is 13.1 Å². The monoisotopic (exact) mass is 273 g/mol. The van der Waals surface area contributed by atoms with Crippen molar-refractivity contribution in [3.05, 3.63) is 35.9 Å². The van der Waals surface area contributed by atoms with E-state index in [9.17, 15) is 18.7 Å². The molecule has 4 nitrogen and oxygen atoms in total. The Morgan fingerprint density at radius 1 is 1.21 bits per heavy atom. The average molecular weight is 273 g/mol. The molecular formula is C13H17F2NO3. The molecule has 0 spiro atoms. The van der Waals surface area contributed by atoms with E-state index in [0.29, 0.717) is 5.56 Å². The van der Waals surface area contributed by atoms with Crippen LogP contribution < -0.4 is 0 Å². The highest BCUT2D eigenvalue weighted by atomic mass is 19.3. The van der Waals surface area contributed by atoms with Gasteiger partial charge in [-0.15, -0.1) is 0 Å². The Kier molecular flexibility index (Phi) is 6.38. The highest BCUT2D eigenvalue weighted by Crippen LogP contribution is 2.18. The third kappa shape index (κ3) is 5.32. The normalized spacial score (nSPS) is 12.9. The molecule has 0 heterocycles. The predicted molar refractivity (Wildman–Crippen MR) is 66.3 cm³/mol. The lowest BCUT2D eigenvalue weighted by molar-refractivity contribution is -0.139.